The first kappa shape index (κ1) is 12.6. The molecule has 0 aliphatic carbocycles. The maximum Gasteiger partial charge on any atom is 0.246 e. The molecule has 6 heteroatoms. The molecule has 94 valence electrons. The van der Waals surface area contributed by atoms with Gasteiger partial charge in [-0.15, -0.1) is 12.6 Å². The highest BCUT2D eigenvalue weighted by Gasteiger charge is 2.06. The number of aromatic nitrogens is 2. The van der Waals surface area contributed by atoms with Crippen LogP contribution in [-0.2, 0) is 17.8 Å². The van der Waals surface area contributed by atoms with Crippen molar-refractivity contribution in [3.05, 3.63) is 41.5 Å². The molecule has 2 rings (SSSR count). The van der Waals surface area contributed by atoms with Crippen LogP contribution in [0.15, 0.2) is 33.7 Å². The lowest BCUT2D eigenvalue weighted by Gasteiger charge is -2.02. The predicted molar refractivity (Wildman–Crippen MR) is 68.3 cm³/mol. The standard InChI is InChI=1S/C12H13N3O2S/c1-8-14-12(17-15-8)7-13-11(16)6-9-2-4-10(18)5-3-9/h2-5,18H,6-7H2,1H3,(H,13,16). The summed E-state index contributed by atoms with van der Waals surface area (Å²) in [7, 11) is 0. The lowest BCUT2D eigenvalue weighted by molar-refractivity contribution is -0.120. The minimum atomic E-state index is -0.0854. The van der Waals surface area contributed by atoms with Crippen molar-refractivity contribution in [2.24, 2.45) is 0 Å². The summed E-state index contributed by atoms with van der Waals surface area (Å²) in [5, 5.41) is 6.36. The van der Waals surface area contributed by atoms with Crippen LogP contribution >= 0.6 is 12.6 Å². The predicted octanol–water partition coefficient (Wildman–Crippen LogP) is 1.53. The third-order valence-electron chi connectivity index (χ3n) is 2.31. The molecular weight excluding hydrogens is 250 g/mol. The zero-order valence-corrected chi connectivity index (χ0v) is 10.8. The smallest absolute Gasteiger partial charge is 0.246 e. The molecule has 0 aliphatic rings. The number of rotatable bonds is 4. The summed E-state index contributed by atoms with van der Waals surface area (Å²) in [4.78, 5) is 16.5. The third kappa shape index (κ3) is 3.59. The quantitative estimate of drug-likeness (QED) is 0.821. The van der Waals surface area contributed by atoms with E-state index in [0.29, 0.717) is 18.1 Å². The summed E-state index contributed by atoms with van der Waals surface area (Å²) in [5.74, 6) is 0.882. The van der Waals surface area contributed by atoms with E-state index in [0.717, 1.165) is 10.5 Å². The second-order valence-corrected chi connectivity index (χ2v) is 4.37. The number of hydrogen-bond donors (Lipinski definition) is 2. The second-order valence-electron chi connectivity index (χ2n) is 3.86. The minimum Gasteiger partial charge on any atom is -0.347 e. The van der Waals surface area contributed by atoms with Crippen molar-refractivity contribution in [3.8, 4) is 0 Å². The third-order valence-corrected chi connectivity index (χ3v) is 2.61. The Hall–Kier alpha value is -1.82. The molecule has 5 nitrogen and oxygen atoms in total. The average Bonchev–Trinajstić information content (AvgIpc) is 2.76. The lowest BCUT2D eigenvalue weighted by atomic mass is 10.1. The van der Waals surface area contributed by atoms with E-state index in [9.17, 15) is 4.79 Å². The molecule has 0 spiro atoms. The topological polar surface area (TPSA) is 68.0 Å². The molecule has 2 aromatic rings. The molecule has 0 bridgehead atoms. The summed E-state index contributed by atoms with van der Waals surface area (Å²) < 4.78 is 4.89. The van der Waals surface area contributed by atoms with Crippen LogP contribution < -0.4 is 5.32 Å². The molecule has 0 saturated heterocycles. The van der Waals surface area contributed by atoms with Crippen LogP contribution in [0.25, 0.3) is 0 Å². The van der Waals surface area contributed by atoms with Crippen molar-refractivity contribution in [2.75, 3.05) is 0 Å². The van der Waals surface area contributed by atoms with Gasteiger partial charge in [0, 0.05) is 4.90 Å². The van der Waals surface area contributed by atoms with Gasteiger partial charge in [-0.3, -0.25) is 4.79 Å². The molecule has 18 heavy (non-hydrogen) atoms. The average molecular weight is 263 g/mol. The van der Waals surface area contributed by atoms with E-state index in [-0.39, 0.29) is 12.5 Å². The van der Waals surface area contributed by atoms with Crippen molar-refractivity contribution in [1.29, 1.82) is 0 Å². The number of carbonyl (C=O) groups excluding carboxylic acids is 1. The number of carbonyl (C=O) groups is 1. The van der Waals surface area contributed by atoms with E-state index in [2.05, 4.69) is 28.1 Å². The highest BCUT2D eigenvalue weighted by molar-refractivity contribution is 7.80. The van der Waals surface area contributed by atoms with Crippen molar-refractivity contribution in [2.45, 2.75) is 24.8 Å². The number of hydrogen-bond acceptors (Lipinski definition) is 5. The molecule has 1 aromatic heterocycles. The first-order valence-corrected chi connectivity index (χ1v) is 5.92. The Bertz CT molecular complexity index is 537. The SMILES string of the molecule is Cc1noc(CNC(=O)Cc2ccc(S)cc2)n1. The summed E-state index contributed by atoms with van der Waals surface area (Å²) in [6.45, 7) is 1.98. The van der Waals surface area contributed by atoms with Gasteiger partial charge >= 0.3 is 0 Å². The van der Waals surface area contributed by atoms with Crippen molar-refractivity contribution >= 4 is 18.5 Å². The molecule has 0 atom stereocenters. The maximum atomic E-state index is 11.7. The molecule has 0 radical (unpaired) electrons. The first-order chi connectivity index (χ1) is 8.63. The fourth-order valence-electron chi connectivity index (χ4n) is 1.45. The minimum absolute atomic E-state index is 0.0854. The number of amides is 1. The first-order valence-electron chi connectivity index (χ1n) is 5.47. The van der Waals surface area contributed by atoms with Gasteiger partial charge in [-0.2, -0.15) is 4.98 Å². The van der Waals surface area contributed by atoms with Crippen LogP contribution in [0.4, 0.5) is 0 Å². The van der Waals surface area contributed by atoms with Crippen LogP contribution in [0.3, 0.4) is 0 Å². The lowest BCUT2D eigenvalue weighted by Crippen LogP contribution is -2.24. The van der Waals surface area contributed by atoms with Gasteiger partial charge in [-0.25, -0.2) is 0 Å². The molecule has 1 aromatic carbocycles. The molecule has 0 aliphatic heterocycles. The van der Waals surface area contributed by atoms with Gasteiger partial charge in [0.05, 0.1) is 13.0 Å². The highest BCUT2D eigenvalue weighted by Crippen LogP contribution is 2.08. The van der Waals surface area contributed by atoms with Crippen LogP contribution in [0.2, 0.25) is 0 Å². The van der Waals surface area contributed by atoms with E-state index < -0.39 is 0 Å². The number of thiol groups is 1. The fourth-order valence-corrected chi connectivity index (χ4v) is 1.60. The zero-order valence-electron chi connectivity index (χ0n) is 9.88. The van der Waals surface area contributed by atoms with Crippen LogP contribution in [0.5, 0.6) is 0 Å². The van der Waals surface area contributed by atoms with E-state index in [1.165, 1.54) is 0 Å². The number of nitrogens with zero attached hydrogens (tertiary/aromatic N) is 2. The monoisotopic (exact) mass is 263 g/mol. The molecule has 1 amide bonds. The van der Waals surface area contributed by atoms with Crippen LogP contribution in [0.1, 0.15) is 17.3 Å². The Morgan fingerprint density at radius 2 is 2.11 bits per heavy atom. The number of aryl methyl sites for hydroxylation is 1. The van der Waals surface area contributed by atoms with Crippen LogP contribution in [-0.4, -0.2) is 16.0 Å². The number of nitrogens with one attached hydrogen (secondary N) is 1. The molecule has 0 fully saturated rings. The Morgan fingerprint density at radius 3 is 2.72 bits per heavy atom. The Labute approximate surface area is 110 Å². The van der Waals surface area contributed by atoms with E-state index in [4.69, 9.17) is 4.52 Å². The van der Waals surface area contributed by atoms with Crippen molar-refractivity contribution in [1.82, 2.24) is 15.5 Å². The largest absolute Gasteiger partial charge is 0.347 e. The highest BCUT2D eigenvalue weighted by atomic mass is 32.1. The molecule has 0 saturated carbocycles. The molecule has 1 heterocycles. The zero-order chi connectivity index (χ0) is 13.0. The Balaban J connectivity index is 1.83. The van der Waals surface area contributed by atoms with E-state index in [1.807, 2.05) is 24.3 Å². The van der Waals surface area contributed by atoms with Gasteiger partial charge in [0.1, 0.15) is 0 Å². The summed E-state index contributed by atoms with van der Waals surface area (Å²) in [6, 6.07) is 7.46. The molecular formula is C12H13N3O2S. The van der Waals surface area contributed by atoms with Crippen molar-refractivity contribution < 1.29 is 9.32 Å². The fraction of sp³-hybridized carbons (Fsp3) is 0.250. The Morgan fingerprint density at radius 1 is 1.39 bits per heavy atom. The number of benzene rings is 1. The van der Waals surface area contributed by atoms with E-state index in [1.54, 1.807) is 6.92 Å². The van der Waals surface area contributed by atoms with Gasteiger partial charge in [0.2, 0.25) is 11.8 Å². The van der Waals surface area contributed by atoms with Gasteiger partial charge in [-0.1, -0.05) is 17.3 Å². The van der Waals surface area contributed by atoms with Gasteiger partial charge in [0.15, 0.2) is 5.82 Å². The summed E-state index contributed by atoms with van der Waals surface area (Å²) >= 11 is 4.19. The van der Waals surface area contributed by atoms with Gasteiger partial charge in [-0.05, 0) is 24.6 Å². The molecule has 1 N–H and O–H groups in total. The van der Waals surface area contributed by atoms with Crippen LogP contribution in [0, 0.1) is 6.92 Å². The van der Waals surface area contributed by atoms with Gasteiger partial charge in [0.25, 0.3) is 0 Å². The second kappa shape index (κ2) is 5.68. The van der Waals surface area contributed by atoms with E-state index >= 15 is 0 Å². The van der Waals surface area contributed by atoms with Gasteiger partial charge < -0.3 is 9.84 Å². The summed E-state index contributed by atoms with van der Waals surface area (Å²) in [5.41, 5.74) is 0.937. The van der Waals surface area contributed by atoms with Crippen molar-refractivity contribution in [3.63, 3.8) is 0 Å². The normalized spacial score (nSPS) is 10.3. The Kier molecular flexibility index (Phi) is 3.99. The molecule has 0 unspecified atom stereocenters. The summed E-state index contributed by atoms with van der Waals surface area (Å²) in [6.07, 6.45) is 0.321. The maximum absolute atomic E-state index is 11.7.